The molecule has 1 heterocycles. The molecule has 1 saturated carbocycles. The minimum atomic E-state index is -0.196. The molecule has 0 aromatic heterocycles. The van der Waals surface area contributed by atoms with Crippen LogP contribution in [0.1, 0.15) is 64.7 Å². The summed E-state index contributed by atoms with van der Waals surface area (Å²) in [5.41, 5.74) is 0.413. The lowest BCUT2D eigenvalue weighted by Crippen LogP contribution is -2.22. The molecular formula is C18H26N2O2. The molecule has 1 unspecified atom stereocenters. The average molecular weight is 302 g/mol. The smallest absolute Gasteiger partial charge is 0.194 e. The Hall–Kier alpha value is -1.63. The van der Waals surface area contributed by atoms with Gasteiger partial charge in [-0.3, -0.25) is 4.79 Å². The average Bonchev–Trinajstić information content (AvgIpc) is 2.76. The predicted molar refractivity (Wildman–Crippen MR) is 86.3 cm³/mol. The highest BCUT2D eigenvalue weighted by atomic mass is 16.5. The van der Waals surface area contributed by atoms with E-state index in [4.69, 9.17) is 10.00 Å². The zero-order valence-corrected chi connectivity index (χ0v) is 13.5. The van der Waals surface area contributed by atoms with Gasteiger partial charge in [0.05, 0.1) is 12.7 Å². The van der Waals surface area contributed by atoms with Crippen LogP contribution in [-0.2, 0) is 9.53 Å². The summed E-state index contributed by atoms with van der Waals surface area (Å²) in [7, 11) is 0. The Labute approximate surface area is 133 Å². The maximum absolute atomic E-state index is 11.9. The molecule has 0 spiro atoms. The topological polar surface area (TPSA) is 62.5 Å². The molecule has 2 aliphatic rings. The first-order valence-corrected chi connectivity index (χ1v) is 8.56. The lowest BCUT2D eigenvalue weighted by Gasteiger charge is -2.24. The van der Waals surface area contributed by atoms with E-state index in [1.54, 1.807) is 0 Å². The van der Waals surface area contributed by atoms with Gasteiger partial charge in [0.1, 0.15) is 12.1 Å². The van der Waals surface area contributed by atoms with Gasteiger partial charge in [-0.25, -0.2) is 4.99 Å². The first kappa shape index (κ1) is 16.7. The molecule has 1 fully saturated rings. The first-order valence-electron chi connectivity index (χ1n) is 8.56. The molecule has 1 aliphatic heterocycles. The largest absolute Gasteiger partial charge is 0.480 e. The van der Waals surface area contributed by atoms with Gasteiger partial charge < -0.3 is 4.74 Å². The van der Waals surface area contributed by atoms with Crippen molar-refractivity contribution < 1.29 is 9.53 Å². The van der Waals surface area contributed by atoms with Crippen LogP contribution in [0.15, 0.2) is 16.8 Å². The number of carbonyl (C=O) groups is 1. The second-order valence-electron chi connectivity index (χ2n) is 6.30. The Morgan fingerprint density at radius 2 is 2.14 bits per heavy atom. The molecule has 22 heavy (non-hydrogen) atoms. The summed E-state index contributed by atoms with van der Waals surface area (Å²) in [6.07, 6.45) is 10.9. The lowest BCUT2D eigenvalue weighted by molar-refractivity contribution is -0.114. The molecule has 0 saturated heterocycles. The SMILES string of the molecule is CCC1CCC=C(C(=O)CC#N)N=C1OCC1CCCCC1. The summed E-state index contributed by atoms with van der Waals surface area (Å²) in [5.74, 6) is 1.42. The maximum atomic E-state index is 11.9. The lowest BCUT2D eigenvalue weighted by atomic mass is 9.90. The quantitative estimate of drug-likeness (QED) is 0.765. The number of allylic oxidation sites excluding steroid dienone is 2. The van der Waals surface area contributed by atoms with Gasteiger partial charge in [-0.2, -0.15) is 5.26 Å². The molecule has 120 valence electrons. The van der Waals surface area contributed by atoms with E-state index in [1.807, 2.05) is 12.1 Å². The van der Waals surface area contributed by atoms with E-state index >= 15 is 0 Å². The van der Waals surface area contributed by atoms with Crippen molar-refractivity contribution in [3.8, 4) is 6.07 Å². The predicted octanol–water partition coefficient (Wildman–Crippen LogP) is 4.17. The van der Waals surface area contributed by atoms with Crippen LogP contribution < -0.4 is 0 Å². The van der Waals surface area contributed by atoms with E-state index in [0.29, 0.717) is 17.5 Å². The molecule has 4 heteroatoms. The van der Waals surface area contributed by atoms with Crippen LogP contribution in [-0.4, -0.2) is 18.3 Å². The van der Waals surface area contributed by atoms with Crippen LogP contribution in [0.2, 0.25) is 0 Å². The van der Waals surface area contributed by atoms with Gasteiger partial charge in [-0.15, -0.1) is 0 Å². The van der Waals surface area contributed by atoms with Crippen molar-refractivity contribution >= 4 is 11.7 Å². The van der Waals surface area contributed by atoms with E-state index in [1.165, 1.54) is 32.1 Å². The standard InChI is InChI=1S/C18H26N2O2/c1-2-15-9-6-10-16(17(21)11-12-19)20-18(15)22-13-14-7-4-3-5-8-14/h10,14-15H,2-9,11,13H2,1H3. The molecular weight excluding hydrogens is 276 g/mol. The number of Topliss-reactive ketones (excluding diaryl/α,β-unsaturated/α-hetero) is 1. The van der Waals surface area contributed by atoms with Gasteiger partial charge in [-0.1, -0.05) is 32.3 Å². The fourth-order valence-electron chi connectivity index (χ4n) is 3.22. The maximum Gasteiger partial charge on any atom is 0.194 e. The highest BCUT2D eigenvalue weighted by Gasteiger charge is 2.23. The van der Waals surface area contributed by atoms with E-state index in [9.17, 15) is 4.79 Å². The highest BCUT2D eigenvalue weighted by molar-refractivity contribution is 5.99. The number of hydrogen-bond acceptors (Lipinski definition) is 4. The van der Waals surface area contributed by atoms with Crippen LogP contribution in [0.4, 0.5) is 0 Å². The van der Waals surface area contributed by atoms with Gasteiger partial charge in [0.2, 0.25) is 0 Å². The van der Waals surface area contributed by atoms with Crippen molar-refractivity contribution in [2.75, 3.05) is 6.61 Å². The summed E-state index contributed by atoms with van der Waals surface area (Å²) in [5, 5.41) is 8.70. The Bertz CT molecular complexity index is 482. The molecule has 0 amide bonds. The fraction of sp³-hybridized carbons (Fsp3) is 0.722. The van der Waals surface area contributed by atoms with Gasteiger partial charge in [0.15, 0.2) is 11.7 Å². The summed E-state index contributed by atoms with van der Waals surface area (Å²) in [6.45, 7) is 2.85. The second-order valence-corrected chi connectivity index (χ2v) is 6.30. The van der Waals surface area contributed by atoms with Crippen LogP contribution in [0.5, 0.6) is 0 Å². The summed E-state index contributed by atoms with van der Waals surface area (Å²) in [4.78, 5) is 16.4. The Balaban J connectivity index is 2.03. The van der Waals surface area contributed by atoms with Gasteiger partial charge in [0.25, 0.3) is 0 Å². The minimum Gasteiger partial charge on any atom is -0.480 e. The number of hydrogen-bond donors (Lipinski definition) is 0. The minimum absolute atomic E-state index is 0.109. The zero-order chi connectivity index (χ0) is 15.8. The number of ether oxygens (including phenoxy) is 1. The van der Waals surface area contributed by atoms with E-state index < -0.39 is 0 Å². The molecule has 0 aromatic carbocycles. The van der Waals surface area contributed by atoms with Crippen molar-refractivity contribution in [3.63, 3.8) is 0 Å². The summed E-state index contributed by atoms with van der Waals surface area (Å²) in [6, 6.07) is 1.91. The number of carbonyl (C=O) groups excluding carboxylic acids is 1. The van der Waals surface area contributed by atoms with Crippen molar-refractivity contribution in [3.05, 3.63) is 11.8 Å². The number of nitriles is 1. The normalized spacial score (nSPS) is 23.0. The van der Waals surface area contributed by atoms with E-state index in [-0.39, 0.29) is 18.1 Å². The highest BCUT2D eigenvalue weighted by Crippen LogP contribution is 2.26. The third kappa shape index (κ3) is 4.69. The summed E-state index contributed by atoms with van der Waals surface area (Å²) < 4.78 is 6.04. The third-order valence-corrected chi connectivity index (χ3v) is 4.64. The first-order chi connectivity index (χ1) is 10.7. The summed E-state index contributed by atoms with van der Waals surface area (Å²) >= 11 is 0. The molecule has 1 aliphatic carbocycles. The Morgan fingerprint density at radius 3 is 2.82 bits per heavy atom. The van der Waals surface area contributed by atoms with Crippen molar-refractivity contribution in [1.29, 1.82) is 5.26 Å². The molecule has 0 bridgehead atoms. The van der Waals surface area contributed by atoms with Crippen LogP contribution in [0.3, 0.4) is 0 Å². The monoisotopic (exact) mass is 302 g/mol. The number of aliphatic imine (C=N–C) groups is 1. The van der Waals surface area contributed by atoms with Crippen molar-refractivity contribution in [1.82, 2.24) is 0 Å². The van der Waals surface area contributed by atoms with Crippen LogP contribution in [0, 0.1) is 23.2 Å². The molecule has 2 rings (SSSR count). The third-order valence-electron chi connectivity index (χ3n) is 4.64. The van der Waals surface area contributed by atoms with Gasteiger partial charge >= 0.3 is 0 Å². The van der Waals surface area contributed by atoms with Crippen molar-refractivity contribution in [2.24, 2.45) is 16.8 Å². The molecule has 0 radical (unpaired) electrons. The molecule has 0 N–H and O–H groups in total. The number of ketones is 1. The Morgan fingerprint density at radius 1 is 1.36 bits per heavy atom. The second kappa shape index (κ2) is 8.73. The van der Waals surface area contributed by atoms with Gasteiger partial charge in [0, 0.05) is 5.92 Å². The van der Waals surface area contributed by atoms with Gasteiger partial charge in [-0.05, 0) is 38.0 Å². The van der Waals surface area contributed by atoms with Crippen LogP contribution >= 0.6 is 0 Å². The molecule has 0 aromatic rings. The van der Waals surface area contributed by atoms with Crippen LogP contribution in [0.25, 0.3) is 0 Å². The van der Waals surface area contributed by atoms with Crippen molar-refractivity contribution in [2.45, 2.75) is 64.7 Å². The number of rotatable bonds is 5. The molecule has 1 atom stereocenters. The zero-order valence-electron chi connectivity index (χ0n) is 13.5. The number of nitrogens with zero attached hydrogens (tertiary/aromatic N) is 2. The Kier molecular flexibility index (Phi) is 6.64. The molecule has 4 nitrogen and oxygen atoms in total. The fourth-order valence-corrected chi connectivity index (χ4v) is 3.22. The van der Waals surface area contributed by atoms with E-state index in [2.05, 4.69) is 11.9 Å². The van der Waals surface area contributed by atoms with E-state index in [0.717, 1.165) is 25.9 Å².